The summed E-state index contributed by atoms with van der Waals surface area (Å²) in [7, 11) is 0. The summed E-state index contributed by atoms with van der Waals surface area (Å²) in [6.45, 7) is 2.98. The van der Waals surface area contributed by atoms with Crippen LogP contribution in [0.3, 0.4) is 0 Å². The highest BCUT2D eigenvalue weighted by Gasteiger charge is 2.32. The lowest BCUT2D eigenvalue weighted by atomic mass is 9.80. The maximum absolute atomic E-state index is 13.0. The lowest BCUT2D eigenvalue weighted by Gasteiger charge is -2.37. The molecule has 2 atom stereocenters. The van der Waals surface area contributed by atoms with Crippen molar-refractivity contribution in [3.05, 3.63) is 30.3 Å². The van der Waals surface area contributed by atoms with Crippen LogP contribution in [0.1, 0.15) is 45.4 Å². The number of anilines is 1. The molecule has 5 nitrogen and oxygen atoms in total. The van der Waals surface area contributed by atoms with Gasteiger partial charge in [-0.3, -0.25) is 9.59 Å². The molecular weight excluding hydrogens is 314 g/mol. The Kier molecular flexibility index (Phi) is 5.95. The van der Waals surface area contributed by atoms with Crippen LogP contribution in [0.15, 0.2) is 30.3 Å². The van der Waals surface area contributed by atoms with Crippen molar-refractivity contribution in [3.63, 3.8) is 0 Å². The SMILES string of the molecule is CC(=O)N[C@H](CC1CCC1)C(=O)N1CCCC(Nc2ccccc2)C1. The first-order valence-electron chi connectivity index (χ1n) is 9.49. The first kappa shape index (κ1) is 17.8. The Morgan fingerprint density at radius 2 is 1.92 bits per heavy atom. The van der Waals surface area contributed by atoms with E-state index in [1.165, 1.54) is 26.2 Å². The van der Waals surface area contributed by atoms with Crippen LogP contribution in [-0.2, 0) is 9.59 Å². The van der Waals surface area contributed by atoms with Crippen LogP contribution in [-0.4, -0.2) is 41.9 Å². The quantitative estimate of drug-likeness (QED) is 0.835. The number of para-hydroxylation sites is 1. The van der Waals surface area contributed by atoms with Gasteiger partial charge in [-0.2, -0.15) is 0 Å². The number of rotatable bonds is 6. The average molecular weight is 343 g/mol. The average Bonchev–Trinajstić information content (AvgIpc) is 2.57. The van der Waals surface area contributed by atoms with Crippen LogP contribution in [0.25, 0.3) is 0 Å². The summed E-state index contributed by atoms with van der Waals surface area (Å²) in [5.74, 6) is 0.555. The number of nitrogens with one attached hydrogen (secondary N) is 2. The molecular formula is C20H29N3O2. The van der Waals surface area contributed by atoms with Gasteiger partial charge in [-0.15, -0.1) is 0 Å². The van der Waals surface area contributed by atoms with E-state index in [-0.39, 0.29) is 23.9 Å². The molecule has 25 heavy (non-hydrogen) atoms. The van der Waals surface area contributed by atoms with Gasteiger partial charge in [0.2, 0.25) is 11.8 Å². The molecule has 0 bridgehead atoms. The van der Waals surface area contributed by atoms with Crippen LogP contribution < -0.4 is 10.6 Å². The number of hydrogen-bond donors (Lipinski definition) is 2. The van der Waals surface area contributed by atoms with Gasteiger partial charge >= 0.3 is 0 Å². The van der Waals surface area contributed by atoms with Crippen molar-refractivity contribution < 1.29 is 9.59 Å². The molecule has 3 rings (SSSR count). The number of carbonyl (C=O) groups is 2. The fourth-order valence-corrected chi connectivity index (χ4v) is 3.81. The fraction of sp³-hybridized carbons (Fsp3) is 0.600. The van der Waals surface area contributed by atoms with E-state index in [1.807, 2.05) is 23.1 Å². The maximum atomic E-state index is 13.0. The highest BCUT2D eigenvalue weighted by molar-refractivity contribution is 5.87. The highest BCUT2D eigenvalue weighted by Crippen LogP contribution is 2.31. The van der Waals surface area contributed by atoms with Gasteiger partial charge in [-0.05, 0) is 37.3 Å². The molecule has 1 heterocycles. The zero-order chi connectivity index (χ0) is 17.6. The van der Waals surface area contributed by atoms with E-state index in [2.05, 4.69) is 22.8 Å². The lowest BCUT2D eigenvalue weighted by molar-refractivity contribution is -0.137. The van der Waals surface area contributed by atoms with Crippen molar-refractivity contribution in [2.75, 3.05) is 18.4 Å². The second kappa shape index (κ2) is 8.37. The van der Waals surface area contributed by atoms with Crippen molar-refractivity contribution in [2.45, 2.75) is 57.5 Å². The zero-order valence-corrected chi connectivity index (χ0v) is 15.0. The Morgan fingerprint density at radius 3 is 2.56 bits per heavy atom. The molecule has 1 aliphatic carbocycles. The van der Waals surface area contributed by atoms with E-state index >= 15 is 0 Å². The van der Waals surface area contributed by atoms with E-state index in [4.69, 9.17) is 0 Å². The highest BCUT2D eigenvalue weighted by atomic mass is 16.2. The summed E-state index contributed by atoms with van der Waals surface area (Å²) in [6.07, 6.45) is 6.45. The molecule has 1 aromatic carbocycles. The van der Waals surface area contributed by atoms with Crippen LogP contribution >= 0.6 is 0 Å². The topological polar surface area (TPSA) is 61.4 Å². The van der Waals surface area contributed by atoms with Crippen molar-refractivity contribution in [2.24, 2.45) is 5.92 Å². The van der Waals surface area contributed by atoms with E-state index < -0.39 is 0 Å². The number of hydrogen-bond acceptors (Lipinski definition) is 3. The molecule has 1 aromatic rings. The van der Waals surface area contributed by atoms with Gasteiger partial charge < -0.3 is 15.5 Å². The van der Waals surface area contributed by atoms with Crippen LogP contribution in [0.4, 0.5) is 5.69 Å². The Morgan fingerprint density at radius 1 is 1.16 bits per heavy atom. The summed E-state index contributed by atoms with van der Waals surface area (Å²) in [5, 5.41) is 6.42. The fourth-order valence-electron chi connectivity index (χ4n) is 3.81. The second-order valence-corrected chi connectivity index (χ2v) is 7.42. The van der Waals surface area contributed by atoms with Gasteiger partial charge in [0.1, 0.15) is 6.04 Å². The minimum absolute atomic E-state index is 0.0849. The molecule has 1 aliphatic heterocycles. The molecule has 2 N–H and O–H groups in total. The second-order valence-electron chi connectivity index (χ2n) is 7.42. The molecule has 5 heteroatoms. The third-order valence-corrected chi connectivity index (χ3v) is 5.35. The number of carbonyl (C=O) groups excluding carboxylic acids is 2. The number of piperidine rings is 1. The van der Waals surface area contributed by atoms with Gasteiger partial charge in [-0.25, -0.2) is 0 Å². The summed E-state index contributed by atoms with van der Waals surface area (Å²) in [5.41, 5.74) is 1.09. The van der Waals surface area contributed by atoms with Gasteiger partial charge in [0.25, 0.3) is 0 Å². The Labute approximate surface area is 150 Å². The van der Waals surface area contributed by atoms with Crippen molar-refractivity contribution in [3.8, 4) is 0 Å². The Balaban J connectivity index is 1.59. The number of amides is 2. The van der Waals surface area contributed by atoms with E-state index in [1.54, 1.807) is 0 Å². The normalized spacial score (nSPS) is 22.0. The predicted octanol–water partition coefficient (Wildman–Crippen LogP) is 2.78. The molecule has 136 valence electrons. The Hall–Kier alpha value is -2.04. The van der Waals surface area contributed by atoms with Crippen LogP contribution in [0, 0.1) is 5.92 Å². The molecule has 0 aromatic heterocycles. The van der Waals surface area contributed by atoms with Gasteiger partial charge in [0.15, 0.2) is 0 Å². The number of likely N-dealkylation sites (tertiary alicyclic amines) is 1. The minimum Gasteiger partial charge on any atom is -0.381 e. The first-order valence-corrected chi connectivity index (χ1v) is 9.49. The summed E-state index contributed by atoms with van der Waals surface area (Å²) in [6, 6.07) is 10.0. The minimum atomic E-state index is -0.363. The number of nitrogens with zero attached hydrogens (tertiary/aromatic N) is 1. The van der Waals surface area contributed by atoms with Gasteiger partial charge in [0.05, 0.1) is 0 Å². The molecule has 1 saturated carbocycles. The third kappa shape index (κ3) is 4.97. The molecule has 0 spiro atoms. The first-order chi connectivity index (χ1) is 12.1. The van der Waals surface area contributed by atoms with Crippen LogP contribution in [0.2, 0.25) is 0 Å². The molecule has 1 unspecified atom stereocenters. The summed E-state index contributed by atoms with van der Waals surface area (Å²) in [4.78, 5) is 26.5. The van der Waals surface area contributed by atoms with E-state index in [9.17, 15) is 9.59 Å². The largest absolute Gasteiger partial charge is 0.381 e. The smallest absolute Gasteiger partial charge is 0.245 e. The van der Waals surface area contributed by atoms with Gasteiger partial charge in [-0.1, -0.05) is 37.5 Å². The third-order valence-electron chi connectivity index (χ3n) is 5.35. The standard InChI is InChI=1S/C20H29N3O2/c1-15(24)21-19(13-16-7-5-8-16)20(25)23-12-6-11-18(14-23)22-17-9-3-2-4-10-17/h2-4,9-10,16,18-19,22H,5-8,11-14H2,1H3,(H,21,24)/t18?,19-/m1/s1. The Bertz CT molecular complexity index is 586. The molecule has 2 fully saturated rings. The summed E-state index contributed by atoms with van der Waals surface area (Å²) < 4.78 is 0. The van der Waals surface area contributed by atoms with E-state index in [0.29, 0.717) is 12.5 Å². The lowest BCUT2D eigenvalue weighted by Crippen LogP contribution is -2.53. The molecule has 2 aliphatic rings. The van der Waals surface area contributed by atoms with Crippen LogP contribution in [0.5, 0.6) is 0 Å². The zero-order valence-electron chi connectivity index (χ0n) is 15.0. The molecule has 1 saturated heterocycles. The number of benzene rings is 1. The molecule has 2 amide bonds. The van der Waals surface area contributed by atoms with Crippen molar-refractivity contribution in [1.82, 2.24) is 10.2 Å². The molecule has 0 radical (unpaired) electrons. The summed E-state index contributed by atoms with van der Waals surface area (Å²) >= 11 is 0. The van der Waals surface area contributed by atoms with Crippen molar-refractivity contribution >= 4 is 17.5 Å². The van der Waals surface area contributed by atoms with Crippen molar-refractivity contribution in [1.29, 1.82) is 0 Å². The monoisotopic (exact) mass is 343 g/mol. The van der Waals surface area contributed by atoms with E-state index in [0.717, 1.165) is 31.5 Å². The van der Waals surface area contributed by atoms with Gasteiger partial charge in [0, 0.05) is 31.7 Å². The maximum Gasteiger partial charge on any atom is 0.245 e. The predicted molar refractivity (Wildman–Crippen MR) is 99.2 cm³/mol.